The molecule has 1 heterocycles. The van der Waals surface area contributed by atoms with E-state index >= 15 is 0 Å². The van der Waals surface area contributed by atoms with Crippen LogP contribution in [0.2, 0.25) is 0 Å². The summed E-state index contributed by atoms with van der Waals surface area (Å²) in [5.41, 5.74) is 3.40. The smallest absolute Gasteiger partial charge is 0.303 e. The lowest BCUT2D eigenvalue weighted by atomic mass is 9.85. The number of carbonyl (C=O) groups is 3. The van der Waals surface area contributed by atoms with Crippen LogP contribution in [-0.2, 0) is 21.4 Å². The first-order chi connectivity index (χ1) is 17.9. The van der Waals surface area contributed by atoms with Gasteiger partial charge in [-0.1, -0.05) is 36.4 Å². The molecule has 5 rings (SSSR count). The molecule has 1 aliphatic heterocycles. The zero-order valence-corrected chi connectivity index (χ0v) is 20.2. The number of hydrogen-bond donors (Lipinski definition) is 2. The molecule has 1 fully saturated rings. The molecule has 186 valence electrons. The van der Waals surface area contributed by atoms with Crippen LogP contribution in [0.3, 0.4) is 0 Å². The van der Waals surface area contributed by atoms with Gasteiger partial charge in [0.15, 0.2) is 5.78 Å². The Labute approximate surface area is 214 Å². The number of anilines is 1. The fourth-order valence-electron chi connectivity index (χ4n) is 5.27. The van der Waals surface area contributed by atoms with Crippen LogP contribution in [0, 0.1) is 17.2 Å². The number of nitriles is 1. The van der Waals surface area contributed by atoms with Crippen LogP contribution >= 0.6 is 0 Å². The topological polar surface area (TPSA) is 116 Å². The van der Waals surface area contributed by atoms with Crippen molar-refractivity contribution in [1.29, 1.82) is 5.26 Å². The van der Waals surface area contributed by atoms with Gasteiger partial charge < -0.3 is 15.2 Å². The van der Waals surface area contributed by atoms with Gasteiger partial charge in [-0.3, -0.25) is 14.4 Å². The predicted molar refractivity (Wildman–Crippen MR) is 137 cm³/mol. The number of carboxylic acids is 1. The third-order valence-electron chi connectivity index (χ3n) is 7.35. The van der Waals surface area contributed by atoms with Crippen LogP contribution < -0.4 is 10.1 Å². The van der Waals surface area contributed by atoms with Crippen molar-refractivity contribution < 1.29 is 24.2 Å². The van der Waals surface area contributed by atoms with E-state index in [4.69, 9.17) is 9.84 Å². The summed E-state index contributed by atoms with van der Waals surface area (Å²) >= 11 is 0. The number of carboxylic acid groups (broad SMARTS) is 1. The number of hydrogen-bond acceptors (Lipinski definition) is 5. The van der Waals surface area contributed by atoms with Gasteiger partial charge in [0, 0.05) is 40.1 Å². The second kappa shape index (κ2) is 9.90. The van der Waals surface area contributed by atoms with Gasteiger partial charge in [-0.05, 0) is 61.6 Å². The lowest BCUT2D eigenvalue weighted by Crippen LogP contribution is -2.27. The Bertz CT molecular complexity index is 1430. The lowest BCUT2D eigenvalue weighted by molar-refractivity contribution is -0.137. The van der Waals surface area contributed by atoms with Gasteiger partial charge in [-0.25, -0.2) is 0 Å². The highest BCUT2D eigenvalue weighted by Gasteiger charge is 2.61. The summed E-state index contributed by atoms with van der Waals surface area (Å²) in [5.74, 6) is -0.698. The van der Waals surface area contributed by atoms with Gasteiger partial charge >= 0.3 is 5.97 Å². The average Bonchev–Trinajstić information content (AvgIpc) is 3.64. The second-order valence-corrected chi connectivity index (χ2v) is 9.64. The van der Waals surface area contributed by atoms with E-state index < -0.39 is 11.4 Å². The largest absolute Gasteiger partial charge is 0.493 e. The van der Waals surface area contributed by atoms with Gasteiger partial charge in [0.25, 0.3) is 0 Å². The number of rotatable bonds is 8. The Hall–Kier alpha value is -4.44. The number of nitrogens with zero attached hydrogens (tertiary/aromatic N) is 1. The van der Waals surface area contributed by atoms with Crippen molar-refractivity contribution in [2.24, 2.45) is 5.92 Å². The summed E-state index contributed by atoms with van der Waals surface area (Å²) in [6.07, 6.45) is 2.25. The summed E-state index contributed by atoms with van der Waals surface area (Å²) in [6, 6.07) is 21.7. The van der Waals surface area contributed by atoms with E-state index in [0.717, 1.165) is 11.1 Å². The molecule has 0 radical (unpaired) electrons. The third-order valence-corrected chi connectivity index (χ3v) is 7.35. The van der Waals surface area contributed by atoms with E-state index in [1.54, 1.807) is 36.4 Å². The highest BCUT2D eigenvalue weighted by Crippen LogP contribution is 2.61. The van der Waals surface area contributed by atoms with Crippen molar-refractivity contribution in [3.05, 3.63) is 94.5 Å². The minimum Gasteiger partial charge on any atom is -0.493 e. The van der Waals surface area contributed by atoms with Crippen molar-refractivity contribution in [3.8, 4) is 11.8 Å². The van der Waals surface area contributed by atoms with Crippen LogP contribution in [-0.4, -0.2) is 29.4 Å². The zero-order valence-electron chi connectivity index (χ0n) is 20.2. The first-order valence-electron chi connectivity index (χ1n) is 12.3. The lowest BCUT2D eigenvalue weighted by Gasteiger charge is -2.27. The number of nitrogens with one attached hydrogen (secondary N) is 1. The van der Waals surface area contributed by atoms with Crippen molar-refractivity contribution >= 4 is 23.3 Å². The Morgan fingerprint density at radius 2 is 1.86 bits per heavy atom. The number of ketones is 1. The highest BCUT2D eigenvalue weighted by atomic mass is 16.5. The molecule has 3 aromatic carbocycles. The average molecular weight is 495 g/mol. The molecule has 7 heteroatoms. The van der Waals surface area contributed by atoms with E-state index in [-0.39, 0.29) is 24.0 Å². The fraction of sp³-hybridized carbons (Fsp3) is 0.267. The van der Waals surface area contributed by atoms with E-state index in [1.165, 1.54) is 0 Å². The molecule has 1 aliphatic carbocycles. The van der Waals surface area contributed by atoms with E-state index in [2.05, 4.69) is 11.4 Å². The fourth-order valence-corrected chi connectivity index (χ4v) is 5.27. The molecule has 1 spiro atoms. The molecule has 1 amide bonds. The van der Waals surface area contributed by atoms with Crippen LogP contribution in [0.15, 0.2) is 66.7 Å². The van der Waals surface area contributed by atoms with Gasteiger partial charge in [0.05, 0.1) is 18.2 Å². The number of carbonyl (C=O) groups excluding carboxylic acids is 2. The first kappa shape index (κ1) is 24.3. The Morgan fingerprint density at radius 3 is 2.62 bits per heavy atom. The van der Waals surface area contributed by atoms with Gasteiger partial charge in [0.1, 0.15) is 5.75 Å². The maximum atomic E-state index is 13.4. The molecule has 2 N–H and O–H groups in total. The monoisotopic (exact) mass is 494 g/mol. The molecule has 3 aromatic rings. The van der Waals surface area contributed by atoms with E-state index in [1.807, 2.05) is 30.3 Å². The second-order valence-electron chi connectivity index (χ2n) is 9.64. The van der Waals surface area contributed by atoms with Crippen LogP contribution in [0.4, 0.5) is 5.69 Å². The molecule has 0 aromatic heterocycles. The maximum Gasteiger partial charge on any atom is 0.303 e. The summed E-state index contributed by atoms with van der Waals surface area (Å²) in [6.45, 7) is 0.493. The van der Waals surface area contributed by atoms with Gasteiger partial charge in [0.2, 0.25) is 5.91 Å². The molecular weight excluding hydrogens is 468 g/mol. The molecule has 37 heavy (non-hydrogen) atoms. The highest BCUT2D eigenvalue weighted by molar-refractivity contribution is 6.09. The number of benzene rings is 3. The van der Waals surface area contributed by atoms with Crippen molar-refractivity contribution in [2.45, 2.75) is 37.5 Å². The maximum absolute atomic E-state index is 13.4. The molecule has 0 saturated heterocycles. The van der Waals surface area contributed by atoms with Crippen molar-refractivity contribution in [2.75, 3.05) is 11.9 Å². The normalized spacial score (nSPS) is 19.3. The minimum atomic E-state index is -0.873. The van der Waals surface area contributed by atoms with Crippen molar-refractivity contribution in [1.82, 2.24) is 0 Å². The number of fused-ring (bicyclic) bond motifs is 2. The number of amides is 1. The predicted octanol–water partition coefficient (Wildman–Crippen LogP) is 4.88. The van der Waals surface area contributed by atoms with E-state index in [9.17, 15) is 19.6 Å². The van der Waals surface area contributed by atoms with Crippen LogP contribution in [0.25, 0.3) is 0 Å². The standard InChI is InChI=1S/C30H26N2O5/c31-18-19-9-10-20(7-4-8-27(33)34)25(15-19)32-29(36)24-17-30(24)13-14-37-26-12-11-22(16-23(26)30)28(35)21-5-2-1-3-6-21/h1-3,5-6,9-12,15-16,24H,4,7-8,13-14,17H2,(H,32,36)(H,33,34)/t24-,30-/m0/s1. The SMILES string of the molecule is N#Cc1ccc(CCCC(=O)O)c(NC(=O)[C@@H]2C[C@]23CCOc2ccc(C(=O)c4ccccc4)cc23)c1. The summed E-state index contributed by atoms with van der Waals surface area (Å²) in [4.78, 5) is 37.4. The molecular formula is C30H26N2O5. The summed E-state index contributed by atoms with van der Waals surface area (Å²) < 4.78 is 5.87. The van der Waals surface area contributed by atoms with Gasteiger partial charge in [-0.2, -0.15) is 5.26 Å². The number of aryl methyl sites for hydroxylation is 1. The first-order valence-corrected chi connectivity index (χ1v) is 12.3. The molecule has 7 nitrogen and oxygen atoms in total. The molecule has 2 atom stereocenters. The molecule has 0 bridgehead atoms. The Kier molecular flexibility index (Phi) is 6.49. The Morgan fingerprint density at radius 1 is 1.05 bits per heavy atom. The summed E-state index contributed by atoms with van der Waals surface area (Å²) in [5, 5.41) is 21.3. The number of aliphatic carboxylic acids is 1. The zero-order chi connectivity index (χ0) is 26.0. The van der Waals surface area contributed by atoms with Gasteiger partial charge in [-0.15, -0.1) is 0 Å². The molecule has 0 unspecified atom stereocenters. The van der Waals surface area contributed by atoms with Crippen molar-refractivity contribution in [3.63, 3.8) is 0 Å². The summed E-state index contributed by atoms with van der Waals surface area (Å²) in [7, 11) is 0. The Balaban J connectivity index is 1.38. The quantitative estimate of drug-likeness (QED) is 0.431. The molecule has 2 aliphatic rings. The minimum absolute atomic E-state index is 0.0277. The van der Waals surface area contributed by atoms with E-state index in [0.29, 0.717) is 60.4 Å². The van der Waals surface area contributed by atoms with Crippen LogP contribution in [0.5, 0.6) is 5.75 Å². The third kappa shape index (κ3) is 4.83. The number of ether oxygens (including phenoxy) is 1. The van der Waals surface area contributed by atoms with Crippen LogP contribution in [0.1, 0.15) is 58.3 Å². The molecule has 1 saturated carbocycles.